The summed E-state index contributed by atoms with van der Waals surface area (Å²) in [6, 6.07) is 10.0. The minimum absolute atomic E-state index is 0.493. The van der Waals surface area contributed by atoms with Crippen molar-refractivity contribution in [2.24, 2.45) is 0 Å². The first kappa shape index (κ1) is 12.6. The molecule has 0 saturated carbocycles. The molecule has 2 N–H and O–H groups in total. The van der Waals surface area contributed by atoms with Crippen LogP contribution in [0, 0.1) is 0 Å². The van der Waals surface area contributed by atoms with E-state index in [9.17, 15) is 0 Å². The third-order valence-corrected chi connectivity index (χ3v) is 3.09. The second-order valence-electron chi connectivity index (χ2n) is 4.52. The number of ether oxygens (including phenoxy) is 1. The van der Waals surface area contributed by atoms with Crippen molar-refractivity contribution in [1.82, 2.24) is 20.3 Å². The van der Waals surface area contributed by atoms with Gasteiger partial charge in [-0.25, -0.2) is 4.98 Å². The Labute approximate surface area is 117 Å². The highest BCUT2D eigenvalue weighted by molar-refractivity contribution is 5.82. The van der Waals surface area contributed by atoms with Gasteiger partial charge in [0.05, 0.1) is 5.52 Å². The van der Waals surface area contributed by atoms with Crippen molar-refractivity contribution in [3.05, 3.63) is 54.0 Å². The van der Waals surface area contributed by atoms with Gasteiger partial charge in [-0.1, -0.05) is 30.3 Å². The van der Waals surface area contributed by atoms with Crippen LogP contribution < -0.4 is 10.1 Å². The van der Waals surface area contributed by atoms with Crippen molar-refractivity contribution in [3.63, 3.8) is 0 Å². The summed E-state index contributed by atoms with van der Waals surface area (Å²) in [5.74, 6) is 0.584. The van der Waals surface area contributed by atoms with Crippen molar-refractivity contribution in [2.75, 3.05) is 7.05 Å². The van der Waals surface area contributed by atoms with Crippen LogP contribution in [0.4, 0.5) is 0 Å². The molecule has 0 aliphatic heterocycles. The van der Waals surface area contributed by atoms with Crippen LogP contribution in [0.25, 0.3) is 11.0 Å². The Bertz CT molecular complexity index is 693. The number of benzene rings is 1. The van der Waals surface area contributed by atoms with Gasteiger partial charge < -0.3 is 15.0 Å². The van der Waals surface area contributed by atoms with Crippen molar-refractivity contribution in [1.29, 1.82) is 0 Å². The molecule has 5 nitrogen and oxygen atoms in total. The molecular formula is C15H16N4O. The molecule has 0 unspecified atom stereocenters. The van der Waals surface area contributed by atoms with E-state index in [2.05, 4.69) is 20.3 Å². The van der Waals surface area contributed by atoms with E-state index in [1.54, 1.807) is 0 Å². The Morgan fingerprint density at radius 2 is 2.05 bits per heavy atom. The standard InChI is InChI=1S/C15H16N4O/c1-16-7-12-8-17-14-13(12)18-10-19-15(14)20-9-11-5-3-2-4-6-11/h2-6,8,10,16-17H,7,9H2,1H3. The molecule has 0 spiro atoms. The molecule has 0 fully saturated rings. The van der Waals surface area contributed by atoms with Crippen LogP contribution in [0.1, 0.15) is 11.1 Å². The van der Waals surface area contributed by atoms with E-state index in [0.29, 0.717) is 12.5 Å². The summed E-state index contributed by atoms with van der Waals surface area (Å²) >= 11 is 0. The van der Waals surface area contributed by atoms with E-state index >= 15 is 0 Å². The summed E-state index contributed by atoms with van der Waals surface area (Å²) in [6.45, 7) is 1.25. The van der Waals surface area contributed by atoms with E-state index in [4.69, 9.17) is 4.74 Å². The van der Waals surface area contributed by atoms with E-state index in [-0.39, 0.29) is 0 Å². The van der Waals surface area contributed by atoms with Gasteiger partial charge >= 0.3 is 0 Å². The van der Waals surface area contributed by atoms with Gasteiger partial charge in [-0.05, 0) is 12.6 Å². The Hall–Kier alpha value is -2.40. The lowest BCUT2D eigenvalue weighted by Crippen LogP contribution is -2.04. The fraction of sp³-hybridized carbons (Fsp3) is 0.200. The average Bonchev–Trinajstić information content (AvgIpc) is 2.91. The number of aromatic amines is 1. The number of H-pyrrole nitrogens is 1. The van der Waals surface area contributed by atoms with Crippen molar-refractivity contribution in [3.8, 4) is 5.88 Å². The lowest BCUT2D eigenvalue weighted by atomic mass is 10.2. The van der Waals surface area contributed by atoms with Crippen LogP contribution in [0.2, 0.25) is 0 Å². The van der Waals surface area contributed by atoms with Crippen LogP contribution in [0.15, 0.2) is 42.9 Å². The molecule has 2 aromatic heterocycles. The topological polar surface area (TPSA) is 62.8 Å². The van der Waals surface area contributed by atoms with E-state index in [0.717, 1.165) is 28.7 Å². The number of rotatable bonds is 5. The molecule has 5 heteroatoms. The highest BCUT2D eigenvalue weighted by Crippen LogP contribution is 2.23. The molecular weight excluding hydrogens is 252 g/mol. The maximum atomic E-state index is 5.79. The van der Waals surface area contributed by atoms with Gasteiger partial charge in [-0.2, -0.15) is 4.98 Å². The first-order valence-electron chi connectivity index (χ1n) is 6.51. The van der Waals surface area contributed by atoms with Gasteiger partial charge in [-0.15, -0.1) is 0 Å². The maximum Gasteiger partial charge on any atom is 0.241 e. The number of fused-ring (bicyclic) bond motifs is 1. The van der Waals surface area contributed by atoms with Crippen molar-refractivity contribution >= 4 is 11.0 Å². The molecule has 0 aliphatic carbocycles. The number of hydrogen-bond acceptors (Lipinski definition) is 4. The Morgan fingerprint density at radius 3 is 2.85 bits per heavy atom. The largest absolute Gasteiger partial charge is 0.471 e. The summed E-state index contributed by atoms with van der Waals surface area (Å²) in [5.41, 5.74) is 3.96. The Kier molecular flexibility index (Phi) is 3.60. The molecule has 1 aromatic carbocycles. The fourth-order valence-corrected chi connectivity index (χ4v) is 2.13. The van der Waals surface area contributed by atoms with Crippen molar-refractivity contribution in [2.45, 2.75) is 13.2 Å². The molecule has 102 valence electrons. The van der Waals surface area contributed by atoms with Crippen LogP contribution in [0.5, 0.6) is 5.88 Å². The molecule has 0 saturated heterocycles. The van der Waals surface area contributed by atoms with E-state index in [1.807, 2.05) is 43.6 Å². The number of aromatic nitrogens is 3. The Morgan fingerprint density at radius 1 is 1.20 bits per heavy atom. The molecule has 0 aliphatic rings. The zero-order chi connectivity index (χ0) is 13.8. The van der Waals surface area contributed by atoms with E-state index in [1.165, 1.54) is 6.33 Å². The van der Waals surface area contributed by atoms with Crippen molar-refractivity contribution < 1.29 is 4.74 Å². The molecule has 3 rings (SSSR count). The zero-order valence-electron chi connectivity index (χ0n) is 11.3. The lowest BCUT2D eigenvalue weighted by molar-refractivity contribution is 0.297. The summed E-state index contributed by atoms with van der Waals surface area (Å²) in [7, 11) is 1.91. The summed E-state index contributed by atoms with van der Waals surface area (Å²) < 4.78 is 5.79. The first-order valence-corrected chi connectivity index (χ1v) is 6.51. The fourth-order valence-electron chi connectivity index (χ4n) is 2.13. The highest BCUT2D eigenvalue weighted by atomic mass is 16.5. The molecule has 2 heterocycles. The molecule has 0 amide bonds. The lowest BCUT2D eigenvalue weighted by Gasteiger charge is -2.06. The monoisotopic (exact) mass is 268 g/mol. The average molecular weight is 268 g/mol. The summed E-state index contributed by atoms with van der Waals surface area (Å²) in [6.07, 6.45) is 3.47. The molecule has 3 aromatic rings. The SMILES string of the molecule is CNCc1c[nH]c2c(OCc3ccccc3)ncnc12. The predicted molar refractivity (Wildman–Crippen MR) is 77.4 cm³/mol. The Balaban J connectivity index is 1.85. The van der Waals surface area contributed by atoms with Gasteiger partial charge in [0.15, 0.2) is 0 Å². The molecule has 0 atom stereocenters. The minimum Gasteiger partial charge on any atom is -0.471 e. The summed E-state index contributed by atoms with van der Waals surface area (Å²) in [4.78, 5) is 11.7. The molecule has 0 radical (unpaired) electrons. The predicted octanol–water partition coefficient (Wildman–Crippen LogP) is 2.26. The third kappa shape index (κ3) is 2.48. The number of nitrogens with one attached hydrogen (secondary N) is 2. The maximum absolute atomic E-state index is 5.79. The number of hydrogen-bond donors (Lipinski definition) is 2. The molecule has 0 bridgehead atoms. The molecule has 20 heavy (non-hydrogen) atoms. The second kappa shape index (κ2) is 5.71. The van der Waals surface area contributed by atoms with Gasteiger partial charge in [0.2, 0.25) is 5.88 Å². The second-order valence-corrected chi connectivity index (χ2v) is 4.52. The smallest absolute Gasteiger partial charge is 0.241 e. The van der Waals surface area contributed by atoms with Crippen LogP contribution >= 0.6 is 0 Å². The van der Waals surface area contributed by atoms with Crippen LogP contribution in [-0.2, 0) is 13.2 Å². The normalized spacial score (nSPS) is 10.8. The van der Waals surface area contributed by atoms with Crippen LogP contribution in [-0.4, -0.2) is 22.0 Å². The third-order valence-electron chi connectivity index (χ3n) is 3.09. The quantitative estimate of drug-likeness (QED) is 0.745. The number of nitrogens with zero attached hydrogens (tertiary/aromatic N) is 2. The first-order chi connectivity index (χ1) is 9.88. The van der Waals surface area contributed by atoms with Gasteiger partial charge in [0.25, 0.3) is 0 Å². The van der Waals surface area contributed by atoms with E-state index < -0.39 is 0 Å². The highest BCUT2D eigenvalue weighted by Gasteiger charge is 2.10. The van der Waals surface area contributed by atoms with Gasteiger partial charge in [-0.3, -0.25) is 0 Å². The van der Waals surface area contributed by atoms with Gasteiger partial charge in [0, 0.05) is 18.3 Å². The summed E-state index contributed by atoms with van der Waals surface area (Å²) in [5, 5.41) is 3.12. The van der Waals surface area contributed by atoms with Gasteiger partial charge in [0.1, 0.15) is 18.5 Å². The van der Waals surface area contributed by atoms with Crippen LogP contribution in [0.3, 0.4) is 0 Å². The zero-order valence-corrected chi connectivity index (χ0v) is 11.3. The minimum atomic E-state index is 0.493.